The molecular formula is C14H10BrF2NOS. The van der Waals surface area contributed by atoms with Gasteiger partial charge in [-0.25, -0.2) is 8.78 Å². The highest BCUT2D eigenvalue weighted by atomic mass is 79.9. The fourth-order valence-corrected chi connectivity index (χ4v) is 2.07. The largest absolute Gasteiger partial charge is 0.489 e. The van der Waals surface area contributed by atoms with Crippen molar-refractivity contribution in [1.29, 1.82) is 0 Å². The Morgan fingerprint density at radius 1 is 1.20 bits per heavy atom. The maximum atomic E-state index is 13.3. The van der Waals surface area contributed by atoms with E-state index in [2.05, 4.69) is 15.9 Å². The van der Waals surface area contributed by atoms with Crippen LogP contribution in [0.2, 0.25) is 0 Å². The van der Waals surface area contributed by atoms with Crippen molar-refractivity contribution in [1.82, 2.24) is 0 Å². The summed E-state index contributed by atoms with van der Waals surface area (Å²) in [5.41, 5.74) is 6.59. The van der Waals surface area contributed by atoms with E-state index in [0.29, 0.717) is 21.3 Å². The Balaban J connectivity index is 2.18. The van der Waals surface area contributed by atoms with Gasteiger partial charge in [0.25, 0.3) is 0 Å². The van der Waals surface area contributed by atoms with Crippen LogP contribution in [0.5, 0.6) is 5.75 Å². The minimum absolute atomic E-state index is 0.0880. The van der Waals surface area contributed by atoms with Gasteiger partial charge >= 0.3 is 0 Å². The van der Waals surface area contributed by atoms with Crippen molar-refractivity contribution in [3.63, 3.8) is 0 Å². The second kappa shape index (κ2) is 6.28. The van der Waals surface area contributed by atoms with E-state index in [9.17, 15) is 8.78 Å². The smallest absolute Gasteiger partial charge is 0.141 e. The minimum atomic E-state index is -0.425. The molecule has 0 amide bonds. The normalized spacial score (nSPS) is 10.3. The lowest BCUT2D eigenvalue weighted by Crippen LogP contribution is -2.14. The molecule has 0 heterocycles. The van der Waals surface area contributed by atoms with Gasteiger partial charge in [0.15, 0.2) is 0 Å². The first-order valence-corrected chi connectivity index (χ1v) is 6.83. The Morgan fingerprint density at radius 2 is 1.95 bits per heavy atom. The Bertz CT molecular complexity index is 664. The summed E-state index contributed by atoms with van der Waals surface area (Å²) in [6.07, 6.45) is 0. The quantitative estimate of drug-likeness (QED) is 0.841. The molecule has 0 bridgehead atoms. The van der Waals surface area contributed by atoms with E-state index in [4.69, 9.17) is 22.7 Å². The van der Waals surface area contributed by atoms with Gasteiger partial charge in [-0.05, 0) is 45.8 Å². The molecule has 20 heavy (non-hydrogen) atoms. The molecule has 0 aliphatic rings. The van der Waals surface area contributed by atoms with Crippen molar-refractivity contribution in [2.24, 2.45) is 5.73 Å². The molecule has 0 saturated carbocycles. The van der Waals surface area contributed by atoms with E-state index in [1.807, 2.05) is 0 Å². The Labute approximate surface area is 128 Å². The molecular weight excluding hydrogens is 348 g/mol. The van der Waals surface area contributed by atoms with Crippen molar-refractivity contribution >= 4 is 33.1 Å². The number of nitrogens with two attached hydrogens (primary N) is 1. The van der Waals surface area contributed by atoms with Crippen LogP contribution in [0, 0.1) is 11.6 Å². The zero-order chi connectivity index (χ0) is 14.7. The van der Waals surface area contributed by atoms with E-state index >= 15 is 0 Å². The number of rotatable bonds is 4. The Morgan fingerprint density at radius 3 is 2.60 bits per heavy atom. The second-order valence-electron chi connectivity index (χ2n) is 4.03. The minimum Gasteiger partial charge on any atom is -0.489 e. The van der Waals surface area contributed by atoms with Gasteiger partial charge < -0.3 is 10.5 Å². The lowest BCUT2D eigenvalue weighted by molar-refractivity contribution is 0.304. The maximum Gasteiger partial charge on any atom is 0.141 e. The SMILES string of the molecule is NC(=S)c1cc(F)ccc1COc1ccc(Br)c(F)c1. The third kappa shape index (κ3) is 3.52. The van der Waals surface area contributed by atoms with Crippen LogP contribution in [0.1, 0.15) is 11.1 Å². The predicted molar refractivity (Wildman–Crippen MR) is 80.7 cm³/mol. The van der Waals surface area contributed by atoms with Crippen LogP contribution >= 0.6 is 28.1 Å². The van der Waals surface area contributed by atoms with Crippen LogP contribution in [0.4, 0.5) is 8.78 Å². The molecule has 0 radical (unpaired) electrons. The molecule has 2 rings (SSSR count). The number of benzene rings is 2. The molecule has 0 atom stereocenters. The molecule has 104 valence electrons. The van der Waals surface area contributed by atoms with Crippen LogP contribution in [0.3, 0.4) is 0 Å². The lowest BCUT2D eigenvalue weighted by Gasteiger charge is -2.10. The fourth-order valence-electron chi connectivity index (χ4n) is 1.63. The van der Waals surface area contributed by atoms with Crippen molar-refractivity contribution in [3.8, 4) is 5.75 Å². The molecule has 6 heteroatoms. The van der Waals surface area contributed by atoms with E-state index in [1.165, 1.54) is 18.2 Å². The maximum absolute atomic E-state index is 13.3. The summed E-state index contributed by atoms with van der Waals surface area (Å²) in [5.74, 6) is -0.480. The van der Waals surface area contributed by atoms with Gasteiger partial charge in [-0.3, -0.25) is 0 Å². The fraction of sp³-hybridized carbons (Fsp3) is 0.0714. The van der Waals surface area contributed by atoms with Crippen LogP contribution in [-0.2, 0) is 6.61 Å². The zero-order valence-corrected chi connectivity index (χ0v) is 12.6. The van der Waals surface area contributed by atoms with Gasteiger partial charge in [0.05, 0.1) is 4.47 Å². The average Bonchev–Trinajstić information content (AvgIpc) is 2.41. The van der Waals surface area contributed by atoms with E-state index in [-0.39, 0.29) is 11.6 Å². The third-order valence-electron chi connectivity index (χ3n) is 2.62. The highest BCUT2D eigenvalue weighted by molar-refractivity contribution is 9.10. The first-order valence-electron chi connectivity index (χ1n) is 5.63. The van der Waals surface area contributed by atoms with E-state index in [1.54, 1.807) is 18.2 Å². The molecule has 0 aliphatic carbocycles. The van der Waals surface area contributed by atoms with Gasteiger partial charge in [0.2, 0.25) is 0 Å². The Kier molecular flexibility index (Phi) is 4.67. The summed E-state index contributed by atoms with van der Waals surface area (Å²) in [4.78, 5) is 0.0880. The highest BCUT2D eigenvalue weighted by Crippen LogP contribution is 2.22. The third-order valence-corrected chi connectivity index (χ3v) is 3.49. The average molecular weight is 358 g/mol. The van der Waals surface area contributed by atoms with E-state index < -0.39 is 11.6 Å². The first kappa shape index (κ1) is 14.9. The number of hydrogen-bond acceptors (Lipinski definition) is 2. The summed E-state index contributed by atoms with van der Waals surface area (Å²) >= 11 is 7.93. The van der Waals surface area contributed by atoms with Gasteiger partial charge in [0, 0.05) is 11.6 Å². The highest BCUT2D eigenvalue weighted by Gasteiger charge is 2.08. The molecule has 0 unspecified atom stereocenters. The standard InChI is InChI=1S/C14H10BrF2NOS/c15-12-4-3-10(6-13(12)17)19-7-8-1-2-9(16)5-11(8)14(18)20/h1-6H,7H2,(H2,18,20). The molecule has 2 N–H and O–H groups in total. The van der Waals surface area contributed by atoms with Crippen molar-refractivity contribution in [3.05, 3.63) is 63.6 Å². The van der Waals surface area contributed by atoms with Crippen molar-refractivity contribution in [2.45, 2.75) is 6.61 Å². The Hall–Kier alpha value is -1.53. The lowest BCUT2D eigenvalue weighted by atomic mass is 10.1. The summed E-state index contributed by atoms with van der Waals surface area (Å²) in [7, 11) is 0. The molecule has 0 saturated heterocycles. The van der Waals surface area contributed by atoms with Gasteiger partial charge in [-0.1, -0.05) is 18.3 Å². The molecule has 0 aliphatic heterocycles. The van der Waals surface area contributed by atoms with Crippen molar-refractivity contribution in [2.75, 3.05) is 0 Å². The van der Waals surface area contributed by atoms with Gasteiger partial charge in [-0.15, -0.1) is 0 Å². The first-order chi connectivity index (χ1) is 9.47. The van der Waals surface area contributed by atoms with Crippen LogP contribution < -0.4 is 10.5 Å². The number of thiocarbonyl (C=S) groups is 1. The molecule has 0 spiro atoms. The van der Waals surface area contributed by atoms with Crippen LogP contribution in [0.25, 0.3) is 0 Å². The number of halogens is 3. The summed E-state index contributed by atoms with van der Waals surface area (Å²) < 4.78 is 32.3. The molecule has 0 fully saturated rings. The molecule has 2 aromatic carbocycles. The molecule has 2 nitrogen and oxygen atoms in total. The van der Waals surface area contributed by atoms with E-state index in [0.717, 1.165) is 0 Å². The second-order valence-corrected chi connectivity index (χ2v) is 5.32. The summed E-state index contributed by atoms with van der Waals surface area (Å²) in [5, 5.41) is 0. The molecule has 0 aromatic heterocycles. The monoisotopic (exact) mass is 357 g/mol. The summed E-state index contributed by atoms with van der Waals surface area (Å²) in [6, 6.07) is 8.51. The zero-order valence-electron chi connectivity index (χ0n) is 10.2. The topological polar surface area (TPSA) is 35.2 Å². The van der Waals surface area contributed by atoms with Crippen LogP contribution in [-0.4, -0.2) is 4.99 Å². The summed E-state index contributed by atoms with van der Waals surface area (Å²) in [6.45, 7) is 0.119. The van der Waals surface area contributed by atoms with Gasteiger partial charge in [0.1, 0.15) is 29.0 Å². The predicted octanol–water partition coefficient (Wildman–Crippen LogP) is 3.94. The van der Waals surface area contributed by atoms with Gasteiger partial charge in [-0.2, -0.15) is 0 Å². The number of ether oxygens (including phenoxy) is 1. The number of hydrogen-bond donors (Lipinski definition) is 1. The van der Waals surface area contributed by atoms with Crippen molar-refractivity contribution < 1.29 is 13.5 Å². The molecule has 2 aromatic rings. The van der Waals surface area contributed by atoms with Crippen LogP contribution in [0.15, 0.2) is 40.9 Å².